The molecule has 3 heteroatoms. The van der Waals surface area contributed by atoms with Crippen LogP contribution in [0.5, 0.6) is 11.5 Å². The summed E-state index contributed by atoms with van der Waals surface area (Å²) >= 11 is 3.40. The quantitative estimate of drug-likeness (QED) is 0.737. The fourth-order valence-corrected chi connectivity index (χ4v) is 2.00. The van der Waals surface area contributed by atoms with Gasteiger partial charge >= 0.3 is 0 Å². The van der Waals surface area contributed by atoms with Crippen molar-refractivity contribution in [1.29, 1.82) is 0 Å². The molecule has 0 aliphatic rings. The normalized spacial score (nSPS) is 10.3. The van der Waals surface area contributed by atoms with E-state index in [9.17, 15) is 4.39 Å². The van der Waals surface area contributed by atoms with Gasteiger partial charge in [-0.3, -0.25) is 0 Å². The van der Waals surface area contributed by atoms with Crippen molar-refractivity contribution in [1.82, 2.24) is 0 Å². The molecule has 0 fully saturated rings. The van der Waals surface area contributed by atoms with Gasteiger partial charge in [0.2, 0.25) is 0 Å². The smallest absolute Gasteiger partial charge is 0.165 e. The Balaban J connectivity index is 2.33. The lowest BCUT2D eigenvalue weighted by molar-refractivity contribution is 0.439. The van der Waals surface area contributed by atoms with Crippen molar-refractivity contribution in [2.75, 3.05) is 0 Å². The summed E-state index contributed by atoms with van der Waals surface area (Å²) < 4.78 is 19.0. The van der Waals surface area contributed by atoms with E-state index in [1.54, 1.807) is 18.2 Å². The molecule has 2 rings (SSSR count). The number of ether oxygens (including phenoxy) is 1. The van der Waals surface area contributed by atoms with E-state index in [-0.39, 0.29) is 11.6 Å². The Morgan fingerprint density at radius 3 is 2.59 bits per heavy atom. The van der Waals surface area contributed by atoms with Gasteiger partial charge in [0.25, 0.3) is 0 Å². The molecule has 17 heavy (non-hydrogen) atoms. The third kappa shape index (κ3) is 2.86. The molecule has 0 heterocycles. The summed E-state index contributed by atoms with van der Waals surface area (Å²) in [4.78, 5) is 0. The SMILES string of the molecule is Cc1ccc(Oc2ccccc2F)c(CBr)c1. The van der Waals surface area contributed by atoms with Crippen molar-refractivity contribution >= 4 is 15.9 Å². The lowest BCUT2D eigenvalue weighted by atomic mass is 10.1. The van der Waals surface area contributed by atoms with Crippen molar-refractivity contribution in [2.45, 2.75) is 12.3 Å². The van der Waals surface area contributed by atoms with E-state index < -0.39 is 0 Å². The molecule has 0 spiro atoms. The van der Waals surface area contributed by atoms with Gasteiger partial charge in [-0.1, -0.05) is 45.8 Å². The molecule has 0 bridgehead atoms. The molecule has 0 radical (unpaired) electrons. The van der Waals surface area contributed by atoms with Crippen LogP contribution in [0.25, 0.3) is 0 Å². The zero-order chi connectivity index (χ0) is 12.3. The van der Waals surface area contributed by atoms with Gasteiger partial charge < -0.3 is 4.74 Å². The van der Waals surface area contributed by atoms with Gasteiger partial charge in [0.15, 0.2) is 11.6 Å². The highest BCUT2D eigenvalue weighted by Crippen LogP contribution is 2.29. The number of alkyl halides is 1. The fraction of sp³-hybridized carbons (Fsp3) is 0.143. The molecule has 0 unspecified atom stereocenters. The number of benzene rings is 2. The topological polar surface area (TPSA) is 9.23 Å². The number of para-hydroxylation sites is 1. The first kappa shape index (κ1) is 12.1. The molecule has 0 saturated carbocycles. The standard InChI is InChI=1S/C14H12BrFO/c1-10-6-7-13(11(8-10)9-15)17-14-5-3-2-4-12(14)16/h2-8H,9H2,1H3. The van der Waals surface area contributed by atoms with Crippen LogP contribution < -0.4 is 4.74 Å². The number of hydrogen-bond acceptors (Lipinski definition) is 1. The van der Waals surface area contributed by atoms with E-state index in [4.69, 9.17) is 4.74 Å². The number of rotatable bonds is 3. The van der Waals surface area contributed by atoms with E-state index in [0.29, 0.717) is 11.1 Å². The van der Waals surface area contributed by atoms with Gasteiger partial charge in [0.05, 0.1) is 0 Å². The molecule has 2 aromatic rings. The van der Waals surface area contributed by atoms with Gasteiger partial charge in [-0.05, 0) is 25.1 Å². The average molecular weight is 295 g/mol. The Labute approximate surface area is 108 Å². The number of halogens is 2. The maximum Gasteiger partial charge on any atom is 0.165 e. The lowest BCUT2D eigenvalue weighted by Gasteiger charge is -2.10. The van der Waals surface area contributed by atoms with Crippen LogP contribution in [0.2, 0.25) is 0 Å². The van der Waals surface area contributed by atoms with Crippen LogP contribution in [-0.2, 0) is 5.33 Å². The lowest BCUT2D eigenvalue weighted by Crippen LogP contribution is -1.92. The summed E-state index contributed by atoms with van der Waals surface area (Å²) in [5.41, 5.74) is 2.16. The highest BCUT2D eigenvalue weighted by Gasteiger charge is 2.07. The van der Waals surface area contributed by atoms with Crippen LogP contribution in [-0.4, -0.2) is 0 Å². The second-order valence-electron chi connectivity index (χ2n) is 3.78. The second-order valence-corrected chi connectivity index (χ2v) is 4.34. The highest BCUT2D eigenvalue weighted by atomic mass is 79.9. The Morgan fingerprint density at radius 1 is 1.12 bits per heavy atom. The Bertz CT molecular complexity index is 525. The van der Waals surface area contributed by atoms with E-state index in [0.717, 1.165) is 11.1 Å². The molecule has 0 saturated heterocycles. The van der Waals surface area contributed by atoms with Crippen LogP contribution in [0, 0.1) is 12.7 Å². The van der Waals surface area contributed by atoms with Crippen molar-refractivity contribution in [3.05, 3.63) is 59.4 Å². The Kier molecular flexibility index (Phi) is 3.79. The predicted octanol–water partition coefficient (Wildman–Crippen LogP) is 4.82. The zero-order valence-corrected chi connectivity index (χ0v) is 11.0. The van der Waals surface area contributed by atoms with E-state index in [1.807, 2.05) is 25.1 Å². The van der Waals surface area contributed by atoms with Gasteiger partial charge in [-0.2, -0.15) is 0 Å². The Morgan fingerprint density at radius 2 is 1.88 bits per heavy atom. The monoisotopic (exact) mass is 294 g/mol. The van der Waals surface area contributed by atoms with Crippen molar-refractivity contribution in [2.24, 2.45) is 0 Å². The largest absolute Gasteiger partial charge is 0.454 e. The summed E-state index contributed by atoms with van der Waals surface area (Å²) in [6.45, 7) is 2.01. The van der Waals surface area contributed by atoms with Crippen LogP contribution in [0.4, 0.5) is 4.39 Å². The molecule has 0 atom stereocenters. The van der Waals surface area contributed by atoms with Crippen LogP contribution in [0.1, 0.15) is 11.1 Å². The molecule has 0 N–H and O–H groups in total. The molecule has 0 aromatic heterocycles. The van der Waals surface area contributed by atoms with Gasteiger partial charge in [-0.15, -0.1) is 0 Å². The van der Waals surface area contributed by atoms with E-state index in [1.165, 1.54) is 6.07 Å². The first-order valence-electron chi connectivity index (χ1n) is 5.28. The van der Waals surface area contributed by atoms with E-state index >= 15 is 0 Å². The van der Waals surface area contributed by atoms with Gasteiger partial charge in [0, 0.05) is 10.9 Å². The van der Waals surface area contributed by atoms with Crippen molar-refractivity contribution in [3.63, 3.8) is 0 Å². The first-order chi connectivity index (χ1) is 8.20. The Hall–Kier alpha value is -1.35. The summed E-state index contributed by atoms with van der Waals surface area (Å²) in [6.07, 6.45) is 0. The van der Waals surface area contributed by atoms with Crippen LogP contribution >= 0.6 is 15.9 Å². The third-order valence-corrected chi connectivity index (χ3v) is 3.02. The average Bonchev–Trinajstić information content (AvgIpc) is 2.34. The number of aryl methyl sites for hydroxylation is 1. The molecule has 0 aliphatic heterocycles. The minimum Gasteiger partial charge on any atom is -0.454 e. The molecule has 1 nitrogen and oxygen atoms in total. The van der Waals surface area contributed by atoms with Gasteiger partial charge in [-0.25, -0.2) is 4.39 Å². The molecule has 2 aromatic carbocycles. The third-order valence-electron chi connectivity index (χ3n) is 2.42. The molecule has 0 aliphatic carbocycles. The molecule has 0 amide bonds. The second kappa shape index (κ2) is 5.32. The molecular formula is C14H12BrFO. The maximum absolute atomic E-state index is 13.5. The van der Waals surface area contributed by atoms with Crippen LogP contribution in [0.15, 0.2) is 42.5 Å². The van der Waals surface area contributed by atoms with E-state index in [2.05, 4.69) is 15.9 Å². The predicted molar refractivity (Wildman–Crippen MR) is 70.3 cm³/mol. The van der Waals surface area contributed by atoms with Crippen LogP contribution in [0.3, 0.4) is 0 Å². The highest BCUT2D eigenvalue weighted by molar-refractivity contribution is 9.08. The van der Waals surface area contributed by atoms with Crippen molar-refractivity contribution in [3.8, 4) is 11.5 Å². The van der Waals surface area contributed by atoms with Gasteiger partial charge in [0.1, 0.15) is 5.75 Å². The summed E-state index contributed by atoms with van der Waals surface area (Å²) in [5.74, 6) is 0.574. The van der Waals surface area contributed by atoms with Crippen molar-refractivity contribution < 1.29 is 9.13 Å². The maximum atomic E-state index is 13.5. The zero-order valence-electron chi connectivity index (χ0n) is 9.41. The molecule has 88 valence electrons. The minimum atomic E-state index is -0.353. The molecular weight excluding hydrogens is 283 g/mol. The first-order valence-corrected chi connectivity index (χ1v) is 6.40. The minimum absolute atomic E-state index is 0.249. The fourth-order valence-electron chi connectivity index (χ4n) is 1.56. The summed E-state index contributed by atoms with van der Waals surface area (Å²) in [6, 6.07) is 12.2. The summed E-state index contributed by atoms with van der Waals surface area (Å²) in [7, 11) is 0. The number of hydrogen-bond donors (Lipinski definition) is 0. The summed E-state index contributed by atoms with van der Waals surface area (Å²) in [5, 5.41) is 0.679.